The first-order chi connectivity index (χ1) is 10.0. The van der Waals surface area contributed by atoms with E-state index in [-0.39, 0.29) is 17.2 Å². The van der Waals surface area contributed by atoms with E-state index in [9.17, 15) is 14.7 Å². The highest BCUT2D eigenvalue weighted by atomic mass is 79.9. The second-order valence-corrected chi connectivity index (χ2v) is 5.19. The van der Waals surface area contributed by atoms with E-state index in [1.165, 1.54) is 12.1 Å². The predicted octanol–water partition coefficient (Wildman–Crippen LogP) is 2.77. The van der Waals surface area contributed by atoms with Crippen molar-refractivity contribution >= 4 is 33.4 Å². The number of anilines is 1. The second-order valence-electron chi connectivity index (χ2n) is 4.27. The summed E-state index contributed by atoms with van der Waals surface area (Å²) in [5.41, 5.74) is 1.20. The van der Waals surface area contributed by atoms with Gasteiger partial charge in [-0.3, -0.25) is 9.59 Å². The van der Waals surface area contributed by atoms with Crippen molar-refractivity contribution in [2.75, 3.05) is 12.4 Å². The van der Waals surface area contributed by atoms with Gasteiger partial charge in [0.05, 0.1) is 5.56 Å². The molecule has 2 amide bonds. The number of amides is 2. The predicted molar refractivity (Wildman–Crippen MR) is 83.6 cm³/mol. The molecule has 0 aliphatic rings. The van der Waals surface area contributed by atoms with Crippen molar-refractivity contribution in [2.45, 2.75) is 0 Å². The van der Waals surface area contributed by atoms with Gasteiger partial charge in [-0.2, -0.15) is 0 Å². The van der Waals surface area contributed by atoms with E-state index in [0.717, 1.165) is 0 Å². The third-order valence-electron chi connectivity index (χ3n) is 2.84. The van der Waals surface area contributed by atoms with Gasteiger partial charge in [-0.15, -0.1) is 0 Å². The van der Waals surface area contributed by atoms with Gasteiger partial charge < -0.3 is 15.7 Å². The highest BCUT2D eigenvalue weighted by molar-refractivity contribution is 9.10. The van der Waals surface area contributed by atoms with E-state index in [4.69, 9.17) is 0 Å². The van der Waals surface area contributed by atoms with Crippen LogP contribution in [0.1, 0.15) is 20.7 Å². The summed E-state index contributed by atoms with van der Waals surface area (Å²) in [4.78, 5) is 23.5. The smallest absolute Gasteiger partial charge is 0.259 e. The number of phenolic OH excluding ortho intramolecular Hbond substituents is 1. The molecule has 0 aromatic heterocycles. The Kier molecular flexibility index (Phi) is 4.59. The Balaban J connectivity index is 2.16. The van der Waals surface area contributed by atoms with Crippen LogP contribution >= 0.6 is 15.9 Å². The Morgan fingerprint density at radius 1 is 1.05 bits per heavy atom. The summed E-state index contributed by atoms with van der Waals surface area (Å²) in [6.45, 7) is 0. The highest BCUT2D eigenvalue weighted by Crippen LogP contribution is 2.23. The number of phenols is 1. The quantitative estimate of drug-likeness (QED) is 0.797. The Morgan fingerprint density at radius 3 is 2.33 bits per heavy atom. The molecular formula is C15H13BrN2O3. The summed E-state index contributed by atoms with van der Waals surface area (Å²) in [7, 11) is 1.55. The Labute approximate surface area is 130 Å². The molecule has 0 saturated heterocycles. The lowest BCUT2D eigenvalue weighted by atomic mass is 10.1. The Hall–Kier alpha value is -2.34. The molecule has 3 N–H and O–H groups in total. The van der Waals surface area contributed by atoms with Crippen LogP contribution < -0.4 is 10.6 Å². The third-order valence-corrected chi connectivity index (χ3v) is 3.33. The maximum Gasteiger partial charge on any atom is 0.259 e. The lowest BCUT2D eigenvalue weighted by Crippen LogP contribution is -2.17. The van der Waals surface area contributed by atoms with Gasteiger partial charge in [0.2, 0.25) is 0 Å². The van der Waals surface area contributed by atoms with Crippen LogP contribution in [0, 0.1) is 0 Å². The lowest BCUT2D eigenvalue weighted by Gasteiger charge is -2.08. The second kappa shape index (κ2) is 6.41. The number of hydrogen-bond donors (Lipinski definition) is 3. The fraction of sp³-hybridized carbons (Fsp3) is 0.0667. The monoisotopic (exact) mass is 348 g/mol. The number of halogens is 1. The van der Waals surface area contributed by atoms with Crippen molar-refractivity contribution in [2.24, 2.45) is 0 Å². The van der Waals surface area contributed by atoms with Crippen LogP contribution in [0.15, 0.2) is 46.9 Å². The van der Waals surface area contributed by atoms with Crippen molar-refractivity contribution in [1.29, 1.82) is 0 Å². The van der Waals surface area contributed by atoms with E-state index in [2.05, 4.69) is 26.6 Å². The summed E-state index contributed by atoms with van der Waals surface area (Å²) >= 11 is 3.25. The molecule has 21 heavy (non-hydrogen) atoms. The largest absolute Gasteiger partial charge is 0.507 e. The maximum atomic E-state index is 12.1. The first-order valence-electron chi connectivity index (χ1n) is 6.13. The number of carbonyl (C=O) groups excluding carboxylic acids is 2. The molecule has 2 rings (SSSR count). The molecule has 0 aliphatic carbocycles. The van der Waals surface area contributed by atoms with Crippen molar-refractivity contribution < 1.29 is 14.7 Å². The van der Waals surface area contributed by atoms with Crippen LogP contribution in [-0.4, -0.2) is 24.0 Å². The minimum Gasteiger partial charge on any atom is -0.507 e. The Bertz CT molecular complexity index is 684. The molecule has 0 saturated carbocycles. The first-order valence-corrected chi connectivity index (χ1v) is 6.92. The molecule has 0 bridgehead atoms. The molecule has 0 fully saturated rings. The summed E-state index contributed by atoms with van der Waals surface area (Å²) in [6.07, 6.45) is 0. The van der Waals surface area contributed by atoms with Gasteiger partial charge in [-0.25, -0.2) is 0 Å². The van der Waals surface area contributed by atoms with E-state index < -0.39 is 5.91 Å². The molecule has 0 aliphatic heterocycles. The summed E-state index contributed by atoms with van der Waals surface area (Å²) in [6, 6.07) is 11.1. The summed E-state index contributed by atoms with van der Waals surface area (Å²) < 4.78 is 0.695. The van der Waals surface area contributed by atoms with E-state index in [0.29, 0.717) is 15.7 Å². The molecule has 5 nitrogen and oxygen atoms in total. The zero-order valence-corrected chi connectivity index (χ0v) is 12.8. The van der Waals surface area contributed by atoms with Gasteiger partial charge in [0.1, 0.15) is 5.75 Å². The van der Waals surface area contributed by atoms with Crippen LogP contribution in [0.5, 0.6) is 5.75 Å². The molecular weight excluding hydrogens is 336 g/mol. The molecule has 0 heterocycles. The molecule has 0 radical (unpaired) electrons. The van der Waals surface area contributed by atoms with Crippen molar-refractivity contribution in [3.63, 3.8) is 0 Å². The van der Waals surface area contributed by atoms with Crippen LogP contribution in [0.4, 0.5) is 5.69 Å². The zero-order chi connectivity index (χ0) is 15.4. The van der Waals surface area contributed by atoms with Gasteiger partial charge in [0.15, 0.2) is 0 Å². The number of carbonyl (C=O) groups is 2. The van der Waals surface area contributed by atoms with Gasteiger partial charge in [0.25, 0.3) is 11.8 Å². The lowest BCUT2D eigenvalue weighted by molar-refractivity contribution is 0.0962. The standard InChI is InChI=1S/C15H13BrN2O3/c1-17-14(20)9-2-5-11(6-3-9)18-15(21)12-8-10(16)4-7-13(12)19/h2-8,19H,1H3,(H,17,20)(H,18,21). The van der Waals surface area contributed by atoms with E-state index >= 15 is 0 Å². The summed E-state index contributed by atoms with van der Waals surface area (Å²) in [5.74, 6) is -0.725. The SMILES string of the molecule is CNC(=O)c1ccc(NC(=O)c2cc(Br)ccc2O)cc1. The molecule has 108 valence electrons. The van der Waals surface area contributed by atoms with Crippen molar-refractivity contribution in [1.82, 2.24) is 5.32 Å². The van der Waals surface area contributed by atoms with Crippen molar-refractivity contribution in [3.05, 3.63) is 58.1 Å². The number of benzene rings is 2. The van der Waals surface area contributed by atoms with Crippen LogP contribution in [0.25, 0.3) is 0 Å². The van der Waals surface area contributed by atoms with Crippen LogP contribution in [0.2, 0.25) is 0 Å². The average molecular weight is 349 g/mol. The van der Waals surface area contributed by atoms with Gasteiger partial charge in [-0.05, 0) is 42.5 Å². The van der Waals surface area contributed by atoms with Gasteiger partial charge >= 0.3 is 0 Å². The molecule has 6 heteroatoms. The first kappa shape index (κ1) is 15.1. The van der Waals surface area contributed by atoms with Crippen LogP contribution in [-0.2, 0) is 0 Å². The molecule has 0 spiro atoms. The van der Waals surface area contributed by atoms with E-state index in [1.807, 2.05) is 0 Å². The van der Waals surface area contributed by atoms with Crippen LogP contribution in [0.3, 0.4) is 0 Å². The topological polar surface area (TPSA) is 78.4 Å². The molecule has 0 unspecified atom stereocenters. The minimum atomic E-state index is -0.429. The summed E-state index contributed by atoms with van der Waals surface area (Å²) in [5, 5.41) is 14.9. The number of nitrogens with one attached hydrogen (secondary N) is 2. The molecule has 2 aromatic rings. The zero-order valence-electron chi connectivity index (χ0n) is 11.2. The minimum absolute atomic E-state index is 0.0994. The highest BCUT2D eigenvalue weighted by Gasteiger charge is 2.12. The fourth-order valence-electron chi connectivity index (χ4n) is 1.74. The van der Waals surface area contributed by atoms with Gasteiger partial charge in [-0.1, -0.05) is 15.9 Å². The molecule has 2 aromatic carbocycles. The number of hydrogen-bond acceptors (Lipinski definition) is 3. The molecule has 0 atom stereocenters. The third kappa shape index (κ3) is 3.61. The Morgan fingerprint density at radius 2 is 1.71 bits per heavy atom. The maximum absolute atomic E-state index is 12.1. The fourth-order valence-corrected chi connectivity index (χ4v) is 2.10. The average Bonchev–Trinajstić information content (AvgIpc) is 2.49. The van der Waals surface area contributed by atoms with Crippen molar-refractivity contribution in [3.8, 4) is 5.75 Å². The van der Waals surface area contributed by atoms with E-state index in [1.54, 1.807) is 37.4 Å². The van der Waals surface area contributed by atoms with Gasteiger partial charge in [0, 0.05) is 22.8 Å². The normalized spacial score (nSPS) is 10.0. The number of aromatic hydroxyl groups is 1. The number of rotatable bonds is 3.